The molecule has 1 heterocycles. The second-order valence-electron chi connectivity index (χ2n) is 4.70. The quantitative estimate of drug-likeness (QED) is 0.768. The highest BCUT2D eigenvalue weighted by atomic mass is 16.4. The molecule has 2 aromatic carbocycles. The van der Waals surface area contributed by atoms with E-state index in [1.807, 2.05) is 30.3 Å². The first-order valence-electron chi connectivity index (χ1n) is 6.46. The van der Waals surface area contributed by atoms with Gasteiger partial charge in [-0.3, -0.25) is 4.98 Å². The number of rotatable bonds is 3. The number of anilines is 2. The molecular weight excluding hydrogens is 266 g/mol. The van der Waals surface area contributed by atoms with Gasteiger partial charge in [-0.2, -0.15) is 0 Å². The monoisotopic (exact) mass is 279 g/mol. The Morgan fingerprint density at radius 3 is 2.67 bits per heavy atom. The van der Waals surface area contributed by atoms with Crippen LogP contribution in [0, 0.1) is 6.92 Å². The maximum absolute atomic E-state index is 11.1. The molecule has 0 saturated heterocycles. The number of carboxylic acids is 1. The normalized spacial score (nSPS) is 10.5. The van der Waals surface area contributed by atoms with Crippen molar-refractivity contribution in [1.82, 2.24) is 9.97 Å². The summed E-state index contributed by atoms with van der Waals surface area (Å²) in [7, 11) is 0. The summed E-state index contributed by atoms with van der Waals surface area (Å²) >= 11 is 0. The molecule has 0 amide bonds. The minimum Gasteiger partial charge on any atom is -0.478 e. The van der Waals surface area contributed by atoms with Gasteiger partial charge in [0.25, 0.3) is 0 Å². The predicted molar refractivity (Wildman–Crippen MR) is 81.0 cm³/mol. The summed E-state index contributed by atoms with van der Waals surface area (Å²) < 4.78 is 0. The summed E-state index contributed by atoms with van der Waals surface area (Å²) in [5.74, 6) is -0.366. The number of hydrogen-bond acceptors (Lipinski definition) is 4. The topological polar surface area (TPSA) is 75.1 Å². The molecule has 0 fully saturated rings. The zero-order valence-electron chi connectivity index (χ0n) is 11.4. The van der Waals surface area contributed by atoms with Crippen molar-refractivity contribution in [3.63, 3.8) is 0 Å². The van der Waals surface area contributed by atoms with Crippen LogP contribution in [0.1, 0.15) is 15.9 Å². The highest BCUT2D eigenvalue weighted by Crippen LogP contribution is 2.20. The minimum atomic E-state index is -0.944. The van der Waals surface area contributed by atoms with Gasteiger partial charge in [-0.05, 0) is 36.8 Å². The fourth-order valence-electron chi connectivity index (χ4n) is 2.10. The molecule has 0 aliphatic rings. The summed E-state index contributed by atoms with van der Waals surface area (Å²) in [5.41, 5.74) is 3.26. The summed E-state index contributed by atoms with van der Waals surface area (Å²) in [6.45, 7) is 1.77. The Balaban J connectivity index is 1.94. The Kier molecular flexibility index (Phi) is 3.23. The van der Waals surface area contributed by atoms with Crippen molar-refractivity contribution < 1.29 is 9.90 Å². The van der Waals surface area contributed by atoms with Crippen molar-refractivity contribution in [2.45, 2.75) is 6.92 Å². The SMILES string of the molecule is Cc1ccc(Nc2cnc3ccccc3n2)cc1C(=O)O. The van der Waals surface area contributed by atoms with E-state index in [0.29, 0.717) is 11.5 Å². The molecule has 5 nitrogen and oxygen atoms in total. The third kappa shape index (κ3) is 2.67. The van der Waals surface area contributed by atoms with Crippen LogP contribution in [0.3, 0.4) is 0 Å². The van der Waals surface area contributed by atoms with Gasteiger partial charge in [0.05, 0.1) is 22.8 Å². The van der Waals surface area contributed by atoms with Gasteiger partial charge >= 0.3 is 5.97 Å². The largest absolute Gasteiger partial charge is 0.478 e. The highest BCUT2D eigenvalue weighted by Gasteiger charge is 2.08. The van der Waals surface area contributed by atoms with Gasteiger partial charge in [0.15, 0.2) is 0 Å². The van der Waals surface area contributed by atoms with E-state index < -0.39 is 5.97 Å². The van der Waals surface area contributed by atoms with Crippen molar-refractivity contribution in [3.8, 4) is 0 Å². The zero-order valence-corrected chi connectivity index (χ0v) is 11.4. The van der Waals surface area contributed by atoms with Crippen molar-refractivity contribution >= 4 is 28.5 Å². The smallest absolute Gasteiger partial charge is 0.336 e. The van der Waals surface area contributed by atoms with Gasteiger partial charge in [0.1, 0.15) is 5.82 Å². The first kappa shape index (κ1) is 13.1. The van der Waals surface area contributed by atoms with E-state index in [0.717, 1.165) is 16.6 Å². The molecule has 1 aromatic heterocycles. The maximum Gasteiger partial charge on any atom is 0.336 e. The Morgan fingerprint density at radius 1 is 1.14 bits per heavy atom. The molecule has 3 rings (SSSR count). The van der Waals surface area contributed by atoms with Crippen LogP contribution in [-0.4, -0.2) is 21.0 Å². The lowest BCUT2D eigenvalue weighted by Crippen LogP contribution is -2.02. The summed E-state index contributed by atoms with van der Waals surface area (Å²) in [4.78, 5) is 19.9. The number of carboxylic acid groups (broad SMARTS) is 1. The van der Waals surface area contributed by atoms with E-state index in [4.69, 9.17) is 5.11 Å². The summed E-state index contributed by atoms with van der Waals surface area (Å²) in [5, 5.41) is 12.2. The van der Waals surface area contributed by atoms with Crippen molar-refractivity contribution in [3.05, 3.63) is 59.8 Å². The highest BCUT2D eigenvalue weighted by molar-refractivity contribution is 5.90. The number of fused-ring (bicyclic) bond motifs is 1. The molecule has 5 heteroatoms. The number of aryl methyl sites for hydroxylation is 1. The van der Waals surface area contributed by atoms with Crippen LogP contribution in [0.15, 0.2) is 48.7 Å². The van der Waals surface area contributed by atoms with Crippen LogP contribution < -0.4 is 5.32 Å². The lowest BCUT2D eigenvalue weighted by atomic mass is 10.1. The van der Waals surface area contributed by atoms with E-state index in [9.17, 15) is 4.79 Å². The number of aromatic carboxylic acids is 1. The Labute approximate surface area is 121 Å². The minimum absolute atomic E-state index is 0.272. The molecular formula is C16H13N3O2. The fraction of sp³-hybridized carbons (Fsp3) is 0.0625. The molecule has 0 aliphatic carbocycles. The number of para-hydroxylation sites is 2. The molecule has 0 spiro atoms. The number of nitrogens with zero attached hydrogens (tertiary/aromatic N) is 2. The van der Waals surface area contributed by atoms with Gasteiger partial charge < -0.3 is 10.4 Å². The Morgan fingerprint density at radius 2 is 1.90 bits per heavy atom. The van der Waals surface area contributed by atoms with Gasteiger partial charge in [0, 0.05) is 5.69 Å². The maximum atomic E-state index is 11.1. The van der Waals surface area contributed by atoms with E-state index >= 15 is 0 Å². The molecule has 104 valence electrons. The van der Waals surface area contributed by atoms with Crippen LogP contribution >= 0.6 is 0 Å². The van der Waals surface area contributed by atoms with Gasteiger partial charge in [-0.25, -0.2) is 9.78 Å². The van der Waals surface area contributed by atoms with Crippen LogP contribution in [0.25, 0.3) is 11.0 Å². The van der Waals surface area contributed by atoms with Crippen LogP contribution in [0.2, 0.25) is 0 Å². The van der Waals surface area contributed by atoms with Gasteiger partial charge in [-0.1, -0.05) is 18.2 Å². The predicted octanol–water partition coefficient (Wildman–Crippen LogP) is 3.38. The fourth-order valence-corrected chi connectivity index (χ4v) is 2.10. The lowest BCUT2D eigenvalue weighted by molar-refractivity contribution is 0.0696. The average molecular weight is 279 g/mol. The molecule has 2 N–H and O–H groups in total. The van der Waals surface area contributed by atoms with Crippen LogP contribution in [-0.2, 0) is 0 Å². The molecule has 0 unspecified atom stereocenters. The van der Waals surface area contributed by atoms with E-state index in [1.54, 1.807) is 25.3 Å². The van der Waals surface area contributed by atoms with Crippen molar-refractivity contribution in [1.29, 1.82) is 0 Å². The number of aromatic nitrogens is 2. The Hall–Kier alpha value is -2.95. The van der Waals surface area contributed by atoms with E-state index in [2.05, 4.69) is 15.3 Å². The second kappa shape index (κ2) is 5.20. The third-order valence-electron chi connectivity index (χ3n) is 3.19. The first-order chi connectivity index (χ1) is 10.1. The van der Waals surface area contributed by atoms with Gasteiger partial charge in [-0.15, -0.1) is 0 Å². The molecule has 0 bridgehead atoms. The Bertz CT molecular complexity index is 831. The van der Waals surface area contributed by atoms with Crippen molar-refractivity contribution in [2.75, 3.05) is 5.32 Å². The number of benzene rings is 2. The molecule has 0 aliphatic heterocycles. The van der Waals surface area contributed by atoms with Crippen molar-refractivity contribution in [2.24, 2.45) is 0 Å². The molecule has 0 atom stereocenters. The van der Waals surface area contributed by atoms with E-state index in [-0.39, 0.29) is 5.56 Å². The third-order valence-corrected chi connectivity index (χ3v) is 3.19. The molecule has 0 radical (unpaired) electrons. The van der Waals surface area contributed by atoms with Crippen LogP contribution in [0.5, 0.6) is 0 Å². The molecule has 21 heavy (non-hydrogen) atoms. The zero-order chi connectivity index (χ0) is 14.8. The van der Waals surface area contributed by atoms with Gasteiger partial charge in [0.2, 0.25) is 0 Å². The standard InChI is InChI=1S/C16H13N3O2/c1-10-6-7-11(8-12(10)16(20)21)18-15-9-17-13-4-2-3-5-14(13)19-15/h2-9H,1H3,(H,18,19)(H,20,21). The molecule has 3 aromatic rings. The first-order valence-corrected chi connectivity index (χ1v) is 6.46. The average Bonchev–Trinajstić information content (AvgIpc) is 2.49. The summed E-state index contributed by atoms with van der Waals surface area (Å²) in [6, 6.07) is 12.7. The lowest BCUT2D eigenvalue weighted by Gasteiger charge is -2.08. The summed E-state index contributed by atoms with van der Waals surface area (Å²) in [6.07, 6.45) is 1.63. The van der Waals surface area contributed by atoms with E-state index in [1.165, 1.54) is 0 Å². The number of nitrogens with one attached hydrogen (secondary N) is 1. The number of hydrogen-bond donors (Lipinski definition) is 2. The number of carbonyl (C=O) groups is 1. The second-order valence-corrected chi connectivity index (χ2v) is 4.70. The molecule has 0 saturated carbocycles. The van der Waals surface area contributed by atoms with Crippen LogP contribution in [0.4, 0.5) is 11.5 Å².